The summed E-state index contributed by atoms with van der Waals surface area (Å²) in [6, 6.07) is 11.5. The second-order valence-electron chi connectivity index (χ2n) is 4.72. The summed E-state index contributed by atoms with van der Waals surface area (Å²) in [6.07, 6.45) is 1.15. The number of carbonyl (C=O) groups is 2. The molecule has 0 spiro atoms. The molecule has 0 fully saturated rings. The predicted molar refractivity (Wildman–Crippen MR) is 87.4 cm³/mol. The van der Waals surface area contributed by atoms with E-state index >= 15 is 0 Å². The van der Waals surface area contributed by atoms with Crippen molar-refractivity contribution < 1.29 is 19.8 Å². The molecular formula is C16H16Na2O4. The first kappa shape index (κ1) is 21.6. The fourth-order valence-electron chi connectivity index (χ4n) is 2.34. The Balaban J connectivity index is 0.00000220. The molecule has 0 aliphatic carbocycles. The van der Waals surface area contributed by atoms with Crippen molar-refractivity contribution >= 4 is 81.8 Å². The van der Waals surface area contributed by atoms with E-state index in [-0.39, 0.29) is 72.0 Å². The van der Waals surface area contributed by atoms with Crippen molar-refractivity contribution in [3.05, 3.63) is 47.5 Å². The van der Waals surface area contributed by atoms with Crippen LogP contribution in [0.15, 0.2) is 36.4 Å². The summed E-state index contributed by atoms with van der Waals surface area (Å²) in [5.74, 6) is -1.63. The molecular weight excluding hydrogens is 302 g/mol. The number of rotatable bonds is 6. The molecule has 0 bridgehead atoms. The Hall–Kier alpha value is -0.360. The fraction of sp³-hybridized carbons (Fsp3) is 0.250. The monoisotopic (exact) mass is 318 g/mol. The molecule has 0 atom stereocenters. The van der Waals surface area contributed by atoms with Crippen LogP contribution in [0.3, 0.4) is 0 Å². The van der Waals surface area contributed by atoms with E-state index in [1.807, 2.05) is 36.4 Å². The Morgan fingerprint density at radius 1 is 0.727 bits per heavy atom. The van der Waals surface area contributed by atoms with Crippen LogP contribution in [-0.2, 0) is 22.4 Å². The van der Waals surface area contributed by atoms with Crippen molar-refractivity contribution in [2.24, 2.45) is 0 Å². The van der Waals surface area contributed by atoms with Gasteiger partial charge in [0.15, 0.2) is 0 Å². The van der Waals surface area contributed by atoms with Gasteiger partial charge in [0.05, 0.1) is 0 Å². The summed E-state index contributed by atoms with van der Waals surface area (Å²) in [7, 11) is 0. The van der Waals surface area contributed by atoms with E-state index in [4.69, 9.17) is 10.2 Å². The molecule has 0 saturated carbocycles. The summed E-state index contributed by atoms with van der Waals surface area (Å²) in [4.78, 5) is 21.4. The number of fused-ring (bicyclic) bond motifs is 1. The molecule has 0 aromatic heterocycles. The minimum Gasteiger partial charge on any atom is -0.481 e. The summed E-state index contributed by atoms with van der Waals surface area (Å²) in [5.41, 5.74) is 1.98. The number of hydrogen-bond acceptors (Lipinski definition) is 2. The maximum atomic E-state index is 10.7. The average Bonchev–Trinajstić information content (AvgIpc) is 2.43. The van der Waals surface area contributed by atoms with Gasteiger partial charge in [0, 0.05) is 72.0 Å². The quantitative estimate of drug-likeness (QED) is 0.800. The third kappa shape index (κ3) is 6.03. The molecule has 0 saturated heterocycles. The molecule has 0 amide bonds. The van der Waals surface area contributed by atoms with Crippen molar-refractivity contribution in [3.8, 4) is 0 Å². The van der Waals surface area contributed by atoms with Gasteiger partial charge in [-0.1, -0.05) is 36.4 Å². The topological polar surface area (TPSA) is 74.6 Å². The molecule has 106 valence electrons. The Labute approximate surface area is 173 Å². The van der Waals surface area contributed by atoms with E-state index in [1.165, 1.54) is 0 Å². The zero-order chi connectivity index (χ0) is 14.5. The Kier molecular flexibility index (Phi) is 10.3. The number of aliphatic carboxylic acids is 2. The first-order chi connectivity index (χ1) is 9.58. The van der Waals surface area contributed by atoms with Gasteiger partial charge < -0.3 is 10.2 Å². The summed E-state index contributed by atoms with van der Waals surface area (Å²) < 4.78 is 0. The van der Waals surface area contributed by atoms with Crippen molar-refractivity contribution in [2.75, 3.05) is 0 Å². The maximum Gasteiger partial charge on any atom is 0.303 e. The Morgan fingerprint density at radius 2 is 1.09 bits per heavy atom. The van der Waals surface area contributed by atoms with Crippen molar-refractivity contribution in [1.82, 2.24) is 0 Å². The van der Waals surface area contributed by atoms with Crippen LogP contribution in [-0.4, -0.2) is 81.3 Å². The second kappa shape index (κ2) is 10.4. The molecule has 6 heteroatoms. The van der Waals surface area contributed by atoms with Gasteiger partial charge in [0.2, 0.25) is 0 Å². The van der Waals surface area contributed by atoms with E-state index in [0.29, 0.717) is 12.8 Å². The van der Waals surface area contributed by atoms with Crippen LogP contribution in [0.4, 0.5) is 0 Å². The molecule has 2 radical (unpaired) electrons. The van der Waals surface area contributed by atoms with Crippen LogP contribution in [0.25, 0.3) is 10.8 Å². The first-order valence-corrected chi connectivity index (χ1v) is 6.51. The molecule has 0 aliphatic heterocycles. The van der Waals surface area contributed by atoms with Crippen LogP contribution >= 0.6 is 0 Å². The molecule has 0 heterocycles. The molecule has 2 N–H and O–H groups in total. The molecule has 2 rings (SSSR count). The minimum atomic E-state index is -0.816. The van der Waals surface area contributed by atoms with E-state index in [1.54, 1.807) is 0 Å². The molecule has 2 aromatic rings. The smallest absolute Gasteiger partial charge is 0.303 e. The SMILES string of the molecule is O=C(O)CCc1ccc(CCC(=O)O)c2ccccc12.[Na].[Na]. The summed E-state index contributed by atoms with van der Waals surface area (Å²) in [6.45, 7) is 0. The second-order valence-corrected chi connectivity index (χ2v) is 4.72. The number of hydrogen-bond donors (Lipinski definition) is 2. The van der Waals surface area contributed by atoms with Gasteiger partial charge in [-0.05, 0) is 34.7 Å². The Bertz CT molecular complexity index is 599. The molecule has 22 heavy (non-hydrogen) atoms. The van der Waals surface area contributed by atoms with Gasteiger partial charge in [0.1, 0.15) is 0 Å². The molecule has 0 aliphatic rings. The predicted octanol–water partition coefficient (Wildman–Crippen LogP) is 2.11. The van der Waals surface area contributed by atoms with Crippen molar-refractivity contribution in [3.63, 3.8) is 0 Å². The average molecular weight is 318 g/mol. The van der Waals surface area contributed by atoms with Crippen LogP contribution in [0.2, 0.25) is 0 Å². The third-order valence-corrected chi connectivity index (χ3v) is 3.32. The maximum absolute atomic E-state index is 10.7. The number of aryl methyl sites for hydroxylation is 2. The van der Waals surface area contributed by atoms with Crippen LogP contribution in [0.1, 0.15) is 24.0 Å². The summed E-state index contributed by atoms with van der Waals surface area (Å²) in [5, 5.41) is 19.6. The zero-order valence-electron chi connectivity index (χ0n) is 13.0. The fourth-order valence-corrected chi connectivity index (χ4v) is 2.34. The largest absolute Gasteiger partial charge is 0.481 e. The van der Waals surface area contributed by atoms with Gasteiger partial charge in [-0.2, -0.15) is 0 Å². The van der Waals surface area contributed by atoms with Crippen LogP contribution in [0, 0.1) is 0 Å². The minimum absolute atomic E-state index is 0. The van der Waals surface area contributed by atoms with E-state index in [0.717, 1.165) is 21.9 Å². The van der Waals surface area contributed by atoms with Crippen LogP contribution < -0.4 is 0 Å². The van der Waals surface area contributed by atoms with Crippen LogP contribution in [0.5, 0.6) is 0 Å². The van der Waals surface area contributed by atoms with Gasteiger partial charge in [-0.3, -0.25) is 9.59 Å². The third-order valence-electron chi connectivity index (χ3n) is 3.32. The van der Waals surface area contributed by atoms with Gasteiger partial charge >= 0.3 is 11.9 Å². The van der Waals surface area contributed by atoms with Crippen molar-refractivity contribution in [1.29, 1.82) is 0 Å². The van der Waals surface area contributed by atoms with E-state index in [2.05, 4.69) is 0 Å². The van der Waals surface area contributed by atoms with Gasteiger partial charge in [-0.15, -0.1) is 0 Å². The molecule has 2 aromatic carbocycles. The molecule has 0 unspecified atom stereocenters. The Morgan fingerprint density at radius 3 is 1.41 bits per heavy atom. The standard InChI is InChI=1S/C16H16O4.2Na/c17-15(18)9-7-11-5-6-12(8-10-16(19)20)14-4-2-1-3-13(11)14;;/h1-6H,7-10H2,(H,17,18)(H,19,20);;. The number of benzene rings is 2. The van der Waals surface area contributed by atoms with E-state index < -0.39 is 11.9 Å². The van der Waals surface area contributed by atoms with Gasteiger partial charge in [-0.25, -0.2) is 0 Å². The normalized spacial score (nSPS) is 9.64. The van der Waals surface area contributed by atoms with Gasteiger partial charge in [0.25, 0.3) is 0 Å². The van der Waals surface area contributed by atoms with E-state index in [9.17, 15) is 9.59 Å². The molecule has 4 nitrogen and oxygen atoms in total. The number of carboxylic acid groups (broad SMARTS) is 2. The zero-order valence-corrected chi connectivity index (χ0v) is 17.0. The number of carboxylic acids is 2. The first-order valence-electron chi connectivity index (χ1n) is 6.51. The summed E-state index contributed by atoms with van der Waals surface area (Å²) >= 11 is 0. The van der Waals surface area contributed by atoms with Crippen molar-refractivity contribution in [2.45, 2.75) is 25.7 Å².